The van der Waals surface area contributed by atoms with Gasteiger partial charge in [0.1, 0.15) is 5.60 Å². The fourth-order valence-corrected chi connectivity index (χ4v) is 1.71. The van der Waals surface area contributed by atoms with Gasteiger partial charge in [-0.1, -0.05) is 6.92 Å². The van der Waals surface area contributed by atoms with Crippen LogP contribution in [0.25, 0.3) is 0 Å². The zero-order chi connectivity index (χ0) is 10.1. The Labute approximate surface area is 77.0 Å². The first-order valence-corrected chi connectivity index (χ1v) is 4.26. The number of aliphatic hydroxyl groups is 1. The van der Waals surface area contributed by atoms with Crippen LogP contribution in [0.4, 0.5) is 4.79 Å². The first-order valence-electron chi connectivity index (χ1n) is 4.26. The molecule has 0 saturated heterocycles. The third kappa shape index (κ3) is 2.42. The molecule has 0 heterocycles. The van der Waals surface area contributed by atoms with Gasteiger partial charge in [0.15, 0.2) is 0 Å². The van der Waals surface area contributed by atoms with E-state index in [1.54, 1.807) is 6.92 Å². The number of nitrogens with two attached hydrogens (primary N) is 1. The van der Waals surface area contributed by atoms with Crippen molar-refractivity contribution in [3.63, 3.8) is 0 Å². The van der Waals surface area contributed by atoms with Crippen molar-refractivity contribution >= 4 is 11.7 Å². The molecule has 1 rings (SSSR count). The summed E-state index contributed by atoms with van der Waals surface area (Å²) in [4.78, 5) is 10.4. The van der Waals surface area contributed by atoms with Crippen molar-refractivity contribution in [1.29, 1.82) is 0 Å². The van der Waals surface area contributed by atoms with Crippen molar-refractivity contribution < 1.29 is 9.90 Å². The normalized spacial score (nSPS) is 36.5. The third-order valence-electron chi connectivity index (χ3n) is 2.21. The van der Waals surface area contributed by atoms with E-state index in [1.165, 1.54) is 0 Å². The fraction of sp³-hybridized carbons (Fsp3) is 0.750. The average Bonchev–Trinajstić information content (AvgIpc) is 2.19. The number of hydrogen-bond acceptors (Lipinski definition) is 3. The highest BCUT2D eigenvalue weighted by Gasteiger charge is 2.37. The highest BCUT2D eigenvalue weighted by molar-refractivity contribution is 5.94. The predicted octanol–water partition coefficient (Wildman–Crippen LogP) is 0.192. The van der Waals surface area contributed by atoms with E-state index < -0.39 is 11.6 Å². The minimum atomic E-state index is -0.901. The van der Waals surface area contributed by atoms with Crippen molar-refractivity contribution in [3.8, 4) is 0 Å². The summed E-state index contributed by atoms with van der Waals surface area (Å²) in [5.41, 5.74) is 6.68. The van der Waals surface area contributed by atoms with Gasteiger partial charge in [0.25, 0.3) is 0 Å². The van der Waals surface area contributed by atoms with E-state index in [2.05, 4.69) is 10.5 Å². The first kappa shape index (κ1) is 9.98. The minimum Gasteiger partial charge on any atom is -0.384 e. The van der Waals surface area contributed by atoms with E-state index in [9.17, 15) is 9.90 Å². The number of carbonyl (C=O) groups is 1. The minimum absolute atomic E-state index is 0.392. The van der Waals surface area contributed by atoms with Crippen molar-refractivity contribution in [2.75, 3.05) is 0 Å². The zero-order valence-corrected chi connectivity index (χ0v) is 7.87. The van der Waals surface area contributed by atoms with Gasteiger partial charge in [-0.2, -0.15) is 5.10 Å². The van der Waals surface area contributed by atoms with Gasteiger partial charge in [-0.15, -0.1) is 0 Å². The molecule has 1 saturated carbocycles. The number of primary amides is 1. The van der Waals surface area contributed by atoms with E-state index >= 15 is 0 Å². The standard InChI is InChI=1S/C8H15N3O2/c1-5-3-6(8(2,13)4-5)10-11-7(9)12/h5,13H,3-4H2,1-2H3,(H3,9,11,12)/b10-6+. The van der Waals surface area contributed by atoms with Crippen molar-refractivity contribution in [2.24, 2.45) is 16.8 Å². The SMILES string of the molecule is CC1C/C(=N\NC(N)=O)C(C)(O)C1. The zero-order valence-electron chi connectivity index (χ0n) is 7.87. The summed E-state index contributed by atoms with van der Waals surface area (Å²) in [7, 11) is 0. The first-order chi connectivity index (χ1) is 5.92. The lowest BCUT2D eigenvalue weighted by molar-refractivity contribution is 0.124. The summed E-state index contributed by atoms with van der Waals surface area (Å²) in [6, 6.07) is -0.706. The summed E-state index contributed by atoms with van der Waals surface area (Å²) in [5, 5.41) is 13.6. The fourth-order valence-electron chi connectivity index (χ4n) is 1.71. The van der Waals surface area contributed by atoms with Crippen molar-refractivity contribution in [3.05, 3.63) is 0 Å². The largest absolute Gasteiger partial charge is 0.384 e. The van der Waals surface area contributed by atoms with Crippen LogP contribution in [0.1, 0.15) is 26.7 Å². The molecule has 0 aromatic rings. The number of carbonyl (C=O) groups excluding carboxylic acids is 1. The Bertz CT molecular complexity index is 248. The van der Waals surface area contributed by atoms with Gasteiger partial charge < -0.3 is 10.8 Å². The number of nitrogens with one attached hydrogen (secondary N) is 1. The molecule has 5 nitrogen and oxygen atoms in total. The average molecular weight is 185 g/mol. The Hall–Kier alpha value is -1.10. The Morgan fingerprint density at radius 2 is 2.46 bits per heavy atom. The summed E-state index contributed by atoms with van der Waals surface area (Å²) in [6.07, 6.45) is 1.37. The lowest BCUT2D eigenvalue weighted by Crippen LogP contribution is -2.33. The molecule has 0 radical (unpaired) electrons. The van der Waals surface area contributed by atoms with E-state index in [0.717, 1.165) is 0 Å². The molecule has 4 N–H and O–H groups in total. The van der Waals surface area contributed by atoms with Crippen LogP contribution in [0.5, 0.6) is 0 Å². The van der Waals surface area contributed by atoms with Crippen molar-refractivity contribution in [1.82, 2.24) is 5.43 Å². The number of amides is 2. The van der Waals surface area contributed by atoms with E-state index in [4.69, 9.17) is 5.73 Å². The lowest BCUT2D eigenvalue weighted by atomic mass is 10.0. The molecule has 2 unspecified atom stereocenters. The second-order valence-corrected chi connectivity index (χ2v) is 3.82. The van der Waals surface area contributed by atoms with Gasteiger partial charge in [-0.25, -0.2) is 10.2 Å². The number of hydrogen-bond donors (Lipinski definition) is 3. The Morgan fingerprint density at radius 1 is 1.85 bits per heavy atom. The van der Waals surface area contributed by atoms with E-state index in [-0.39, 0.29) is 0 Å². The number of urea groups is 1. The van der Waals surface area contributed by atoms with E-state index in [0.29, 0.717) is 24.5 Å². The van der Waals surface area contributed by atoms with Gasteiger partial charge >= 0.3 is 6.03 Å². The molecule has 2 atom stereocenters. The third-order valence-corrected chi connectivity index (χ3v) is 2.21. The van der Waals surface area contributed by atoms with Crippen LogP contribution in [0.15, 0.2) is 5.10 Å². The summed E-state index contributed by atoms with van der Waals surface area (Å²) in [6.45, 7) is 3.72. The van der Waals surface area contributed by atoms with Crippen LogP contribution < -0.4 is 11.2 Å². The Kier molecular flexibility index (Phi) is 2.56. The Balaban J connectivity index is 2.69. The monoisotopic (exact) mass is 185 g/mol. The molecule has 0 aliphatic heterocycles. The van der Waals surface area contributed by atoms with Crippen LogP contribution in [0.2, 0.25) is 0 Å². The van der Waals surface area contributed by atoms with Crippen LogP contribution >= 0.6 is 0 Å². The second kappa shape index (κ2) is 3.33. The van der Waals surface area contributed by atoms with Crippen LogP contribution in [-0.4, -0.2) is 22.5 Å². The van der Waals surface area contributed by atoms with Crippen LogP contribution in [0.3, 0.4) is 0 Å². The van der Waals surface area contributed by atoms with Crippen LogP contribution in [0, 0.1) is 5.92 Å². The second-order valence-electron chi connectivity index (χ2n) is 3.82. The number of hydrazone groups is 1. The molecular weight excluding hydrogens is 170 g/mol. The molecule has 2 amide bonds. The molecule has 74 valence electrons. The van der Waals surface area contributed by atoms with Gasteiger partial charge in [0.05, 0.1) is 5.71 Å². The molecule has 1 fully saturated rings. The molecular formula is C8H15N3O2. The maximum absolute atomic E-state index is 10.4. The lowest BCUT2D eigenvalue weighted by Gasteiger charge is -2.16. The molecule has 13 heavy (non-hydrogen) atoms. The Morgan fingerprint density at radius 3 is 2.85 bits per heavy atom. The molecule has 0 aromatic carbocycles. The molecule has 0 aromatic heterocycles. The maximum Gasteiger partial charge on any atom is 0.332 e. The highest BCUT2D eigenvalue weighted by Crippen LogP contribution is 2.31. The molecule has 1 aliphatic carbocycles. The van der Waals surface area contributed by atoms with Gasteiger partial charge in [0, 0.05) is 0 Å². The van der Waals surface area contributed by atoms with E-state index in [1.807, 2.05) is 6.92 Å². The number of nitrogens with zero attached hydrogens (tertiary/aromatic N) is 1. The van der Waals surface area contributed by atoms with Crippen molar-refractivity contribution in [2.45, 2.75) is 32.3 Å². The number of rotatable bonds is 1. The molecule has 0 spiro atoms. The van der Waals surface area contributed by atoms with Crippen LogP contribution in [-0.2, 0) is 0 Å². The van der Waals surface area contributed by atoms with Gasteiger partial charge in [-0.3, -0.25) is 0 Å². The smallest absolute Gasteiger partial charge is 0.332 e. The topological polar surface area (TPSA) is 87.7 Å². The van der Waals surface area contributed by atoms with Gasteiger partial charge in [0.2, 0.25) is 0 Å². The quantitative estimate of drug-likeness (QED) is 0.509. The molecule has 5 heteroatoms. The summed E-state index contributed by atoms with van der Waals surface area (Å²) >= 11 is 0. The summed E-state index contributed by atoms with van der Waals surface area (Å²) < 4.78 is 0. The molecule has 1 aliphatic rings. The summed E-state index contributed by atoms with van der Waals surface area (Å²) in [5.74, 6) is 0.392. The maximum atomic E-state index is 10.4. The highest BCUT2D eigenvalue weighted by atomic mass is 16.3. The predicted molar refractivity (Wildman–Crippen MR) is 49.2 cm³/mol. The molecule has 0 bridgehead atoms. The van der Waals surface area contributed by atoms with Gasteiger partial charge in [-0.05, 0) is 25.7 Å².